The third kappa shape index (κ3) is 3.27. The average Bonchev–Trinajstić information content (AvgIpc) is 2.91. The highest BCUT2D eigenvalue weighted by Gasteiger charge is 2.18. The molecule has 0 fully saturated rings. The van der Waals surface area contributed by atoms with Gasteiger partial charge < -0.3 is 21.8 Å². The fraction of sp³-hybridized carbons (Fsp3) is 0. The van der Waals surface area contributed by atoms with Crippen LogP contribution in [-0.4, -0.2) is 22.8 Å². The van der Waals surface area contributed by atoms with E-state index in [1.54, 1.807) is 30.3 Å². The minimum Gasteiger partial charge on any atom is -0.365 e. The molecule has 8 heteroatoms. The third-order valence-corrected chi connectivity index (χ3v) is 3.59. The molecule has 4 amide bonds. The van der Waals surface area contributed by atoms with Crippen LogP contribution in [0.1, 0.15) is 20.7 Å². The Labute approximate surface area is 142 Å². The van der Waals surface area contributed by atoms with E-state index in [-0.39, 0.29) is 17.3 Å². The number of nitrogens with two attached hydrogens (primary N) is 2. The second-order valence-electron chi connectivity index (χ2n) is 5.31. The average molecular weight is 337 g/mol. The molecule has 0 atom stereocenters. The maximum atomic E-state index is 12.4. The third-order valence-electron chi connectivity index (χ3n) is 3.59. The minimum absolute atomic E-state index is 0.0932. The van der Waals surface area contributed by atoms with Crippen molar-refractivity contribution in [2.45, 2.75) is 0 Å². The summed E-state index contributed by atoms with van der Waals surface area (Å²) < 4.78 is 0. The molecule has 1 aromatic heterocycles. The van der Waals surface area contributed by atoms with Crippen molar-refractivity contribution in [3.8, 4) is 0 Å². The predicted molar refractivity (Wildman–Crippen MR) is 94.4 cm³/mol. The van der Waals surface area contributed by atoms with Crippen molar-refractivity contribution in [3.63, 3.8) is 0 Å². The first kappa shape index (κ1) is 16.1. The number of hydrogen-bond acceptors (Lipinski definition) is 3. The molecule has 25 heavy (non-hydrogen) atoms. The smallest absolute Gasteiger partial charge is 0.317 e. The SMILES string of the molecule is NC(=O)Nc1[nH]c2cc(C(=O)Nc3ccccc3)ccc2c1C(N)=O. The summed E-state index contributed by atoms with van der Waals surface area (Å²) in [5.74, 6) is -0.945. The summed E-state index contributed by atoms with van der Waals surface area (Å²) in [6.07, 6.45) is 0. The van der Waals surface area contributed by atoms with Gasteiger partial charge in [0, 0.05) is 22.2 Å². The normalized spacial score (nSPS) is 10.4. The van der Waals surface area contributed by atoms with Crippen LogP contribution in [0.3, 0.4) is 0 Å². The Kier molecular flexibility index (Phi) is 4.09. The number of fused-ring (bicyclic) bond motifs is 1. The molecule has 7 N–H and O–H groups in total. The second-order valence-corrected chi connectivity index (χ2v) is 5.31. The topological polar surface area (TPSA) is 143 Å². The number of aromatic amines is 1. The van der Waals surface area contributed by atoms with Crippen molar-refractivity contribution < 1.29 is 14.4 Å². The predicted octanol–water partition coefficient (Wildman–Crippen LogP) is 2.01. The Morgan fingerprint density at radius 2 is 1.64 bits per heavy atom. The van der Waals surface area contributed by atoms with Crippen molar-refractivity contribution in [2.24, 2.45) is 11.5 Å². The van der Waals surface area contributed by atoms with E-state index in [1.807, 2.05) is 18.2 Å². The van der Waals surface area contributed by atoms with Crippen molar-refractivity contribution in [2.75, 3.05) is 10.6 Å². The van der Waals surface area contributed by atoms with Gasteiger partial charge in [0.15, 0.2) is 0 Å². The molecular weight excluding hydrogens is 322 g/mol. The zero-order valence-corrected chi connectivity index (χ0v) is 13.0. The highest BCUT2D eigenvalue weighted by Crippen LogP contribution is 2.27. The highest BCUT2D eigenvalue weighted by molar-refractivity contribution is 6.14. The van der Waals surface area contributed by atoms with Crippen LogP contribution in [0.5, 0.6) is 0 Å². The van der Waals surface area contributed by atoms with E-state index in [4.69, 9.17) is 11.5 Å². The summed E-state index contributed by atoms with van der Waals surface area (Å²) in [5.41, 5.74) is 12.1. The molecule has 0 spiro atoms. The first-order valence-corrected chi connectivity index (χ1v) is 7.34. The molecule has 0 aliphatic heterocycles. The van der Waals surface area contributed by atoms with Gasteiger partial charge in [-0.15, -0.1) is 0 Å². The summed E-state index contributed by atoms with van der Waals surface area (Å²) in [4.78, 5) is 37.9. The molecule has 0 saturated heterocycles. The van der Waals surface area contributed by atoms with Crippen LogP contribution in [0.15, 0.2) is 48.5 Å². The second kappa shape index (κ2) is 6.36. The molecule has 2 aromatic carbocycles. The number of benzene rings is 2. The van der Waals surface area contributed by atoms with E-state index >= 15 is 0 Å². The number of carbonyl (C=O) groups excluding carboxylic acids is 3. The summed E-state index contributed by atoms with van der Waals surface area (Å²) >= 11 is 0. The van der Waals surface area contributed by atoms with Crippen molar-refractivity contribution in [1.29, 1.82) is 0 Å². The zero-order chi connectivity index (χ0) is 18.0. The van der Waals surface area contributed by atoms with Crippen LogP contribution >= 0.6 is 0 Å². The quantitative estimate of drug-likeness (QED) is 0.497. The molecule has 0 saturated carbocycles. The van der Waals surface area contributed by atoms with Gasteiger partial charge in [0.2, 0.25) is 0 Å². The van der Waals surface area contributed by atoms with Crippen LogP contribution in [0.25, 0.3) is 10.9 Å². The number of H-pyrrole nitrogens is 1. The molecule has 1 heterocycles. The minimum atomic E-state index is -0.837. The fourth-order valence-electron chi connectivity index (χ4n) is 2.54. The van der Waals surface area contributed by atoms with Crippen LogP contribution in [0.2, 0.25) is 0 Å². The van der Waals surface area contributed by atoms with Gasteiger partial charge in [0.1, 0.15) is 5.82 Å². The maximum absolute atomic E-state index is 12.4. The Morgan fingerprint density at radius 1 is 0.920 bits per heavy atom. The highest BCUT2D eigenvalue weighted by atomic mass is 16.2. The Morgan fingerprint density at radius 3 is 2.28 bits per heavy atom. The molecule has 3 aromatic rings. The maximum Gasteiger partial charge on any atom is 0.317 e. The Hall–Kier alpha value is -3.81. The van der Waals surface area contributed by atoms with Gasteiger partial charge in [0.25, 0.3) is 11.8 Å². The molecule has 0 aliphatic carbocycles. The zero-order valence-electron chi connectivity index (χ0n) is 13.0. The number of rotatable bonds is 4. The molecule has 8 nitrogen and oxygen atoms in total. The monoisotopic (exact) mass is 337 g/mol. The summed E-state index contributed by atoms with van der Waals surface area (Å²) in [7, 11) is 0. The standard InChI is InChI=1S/C17H15N5O3/c18-14(23)13-11-7-6-9(8-12(11)21-15(13)22-17(19)25)16(24)20-10-4-2-1-3-5-10/h1-8,21H,(H2,18,23)(H,20,24)(H3,19,22,25). The van der Waals surface area contributed by atoms with Crippen LogP contribution in [-0.2, 0) is 0 Å². The van der Waals surface area contributed by atoms with E-state index in [2.05, 4.69) is 15.6 Å². The number of urea groups is 1. The van der Waals surface area contributed by atoms with E-state index in [1.165, 1.54) is 0 Å². The molecule has 3 rings (SSSR count). The molecular formula is C17H15N5O3. The van der Waals surface area contributed by atoms with E-state index in [0.717, 1.165) is 0 Å². The van der Waals surface area contributed by atoms with Crippen LogP contribution in [0.4, 0.5) is 16.3 Å². The lowest BCUT2D eigenvalue weighted by Gasteiger charge is -2.05. The van der Waals surface area contributed by atoms with Gasteiger partial charge in [-0.1, -0.05) is 24.3 Å². The number of nitrogens with one attached hydrogen (secondary N) is 3. The Bertz CT molecular complexity index is 979. The molecule has 0 bridgehead atoms. The largest absolute Gasteiger partial charge is 0.365 e. The van der Waals surface area contributed by atoms with Gasteiger partial charge in [0.05, 0.1) is 5.56 Å². The van der Waals surface area contributed by atoms with Crippen molar-refractivity contribution in [1.82, 2.24) is 4.98 Å². The molecule has 126 valence electrons. The molecule has 0 radical (unpaired) electrons. The van der Waals surface area contributed by atoms with Crippen molar-refractivity contribution >= 4 is 40.3 Å². The van der Waals surface area contributed by atoms with Gasteiger partial charge >= 0.3 is 6.03 Å². The lowest BCUT2D eigenvalue weighted by Crippen LogP contribution is -2.22. The van der Waals surface area contributed by atoms with Gasteiger partial charge in [-0.2, -0.15) is 0 Å². The molecule has 0 aliphatic rings. The number of aromatic nitrogens is 1. The number of carbonyl (C=O) groups is 3. The lowest BCUT2D eigenvalue weighted by atomic mass is 10.1. The van der Waals surface area contributed by atoms with E-state index in [9.17, 15) is 14.4 Å². The van der Waals surface area contributed by atoms with E-state index < -0.39 is 11.9 Å². The first-order valence-electron chi connectivity index (χ1n) is 7.34. The summed E-state index contributed by atoms with van der Waals surface area (Å²) in [5, 5.41) is 5.56. The number of anilines is 2. The number of para-hydroxylation sites is 1. The van der Waals surface area contributed by atoms with Crippen LogP contribution < -0.4 is 22.1 Å². The van der Waals surface area contributed by atoms with Gasteiger partial charge in [-0.05, 0) is 24.3 Å². The van der Waals surface area contributed by atoms with Gasteiger partial charge in [-0.3, -0.25) is 14.9 Å². The number of primary amides is 2. The lowest BCUT2D eigenvalue weighted by molar-refractivity contribution is 0.1000. The van der Waals surface area contributed by atoms with E-state index in [0.29, 0.717) is 22.2 Å². The first-order chi connectivity index (χ1) is 12.0. The number of amides is 4. The fourth-order valence-corrected chi connectivity index (χ4v) is 2.54. The summed E-state index contributed by atoms with van der Waals surface area (Å²) in [6.45, 7) is 0. The van der Waals surface area contributed by atoms with Crippen molar-refractivity contribution in [3.05, 3.63) is 59.7 Å². The Balaban J connectivity index is 1.98. The van der Waals surface area contributed by atoms with Gasteiger partial charge in [-0.25, -0.2) is 4.79 Å². The summed E-state index contributed by atoms with van der Waals surface area (Å²) in [6, 6.07) is 12.9. The van der Waals surface area contributed by atoms with Crippen LogP contribution in [0, 0.1) is 0 Å². The number of hydrogen-bond donors (Lipinski definition) is 5. The molecule has 0 unspecified atom stereocenters.